The highest BCUT2D eigenvalue weighted by molar-refractivity contribution is 5.06. The minimum Gasteiger partial charge on any atom is -0.396 e. The van der Waals surface area contributed by atoms with Gasteiger partial charge in [0.05, 0.1) is 0 Å². The summed E-state index contributed by atoms with van der Waals surface area (Å²) in [5, 5.41) is 8.67. The van der Waals surface area contributed by atoms with E-state index in [-0.39, 0.29) is 0 Å². The lowest BCUT2D eigenvalue weighted by Crippen LogP contribution is -1.82. The molecule has 0 radical (unpaired) electrons. The van der Waals surface area contributed by atoms with Gasteiger partial charge in [-0.05, 0) is 57.1 Å². The largest absolute Gasteiger partial charge is 0.396 e. The molecule has 0 aromatic heterocycles. The molecule has 0 aromatic carbocycles. The zero-order chi connectivity index (χ0) is 16.8. The maximum absolute atomic E-state index is 8.67. The van der Waals surface area contributed by atoms with E-state index >= 15 is 0 Å². The van der Waals surface area contributed by atoms with E-state index in [1.165, 1.54) is 12.8 Å². The molecule has 0 atom stereocenters. The summed E-state index contributed by atoms with van der Waals surface area (Å²) in [6.07, 6.45) is 31.2. The van der Waals surface area contributed by atoms with Crippen LogP contribution in [-0.2, 0) is 0 Å². The molecule has 0 unspecified atom stereocenters. The van der Waals surface area contributed by atoms with Gasteiger partial charge >= 0.3 is 0 Å². The zero-order valence-corrected chi connectivity index (χ0v) is 14.8. The predicted octanol–water partition coefficient (Wildman–Crippen LogP) is 6.45. The number of hydrogen-bond acceptors (Lipinski definition) is 1. The molecule has 0 saturated heterocycles. The number of aliphatic hydroxyl groups excluding tert-OH is 1. The molecule has 0 heterocycles. The molecule has 0 amide bonds. The molecule has 23 heavy (non-hydrogen) atoms. The van der Waals surface area contributed by atoms with Crippen molar-refractivity contribution in [2.75, 3.05) is 6.61 Å². The van der Waals surface area contributed by atoms with Crippen LogP contribution in [0.3, 0.4) is 0 Å². The van der Waals surface area contributed by atoms with Gasteiger partial charge in [0, 0.05) is 6.61 Å². The van der Waals surface area contributed by atoms with Crippen molar-refractivity contribution >= 4 is 0 Å². The van der Waals surface area contributed by atoms with Gasteiger partial charge in [-0.25, -0.2) is 0 Å². The summed E-state index contributed by atoms with van der Waals surface area (Å²) in [7, 11) is 0. The fraction of sp³-hybridized carbons (Fsp3) is 0.500. The quantitative estimate of drug-likeness (QED) is 0.169. The molecule has 0 fully saturated rings. The fourth-order valence-corrected chi connectivity index (χ4v) is 1.96. The lowest BCUT2D eigenvalue weighted by Gasteiger charge is -1.95. The Hall–Kier alpha value is -1.56. The van der Waals surface area contributed by atoms with Gasteiger partial charge in [-0.2, -0.15) is 0 Å². The molecule has 0 rings (SSSR count). The maximum atomic E-state index is 8.67. The minimum atomic E-state index is 0.327. The highest BCUT2D eigenvalue weighted by Gasteiger charge is 1.86. The molecule has 0 saturated carbocycles. The zero-order valence-electron chi connectivity index (χ0n) is 14.8. The smallest absolute Gasteiger partial charge is 0.0431 e. The number of aliphatic hydroxyl groups is 1. The summed E-state index contributed by atoms with van der Waals surface area (Å²) in [4.78, 5) is 0. The van der Waals surface area contributed by atoms with Gasteiger partial charge in [0.1, 0.15) is 0 Å². The first-order valence-electron chi connectivity index (χ1n) is 9.03. The van der Waals surface area contributed by atoms with E-state index in [1.807, 2.05) is 12.2 Å². The van der Waals surface area contributed by atoms with E-state index in [2.05, 4.69) is 61.3 Å². The minimum absolute atomic E-state index is 0.327. The first-order valence-corrected chi connectivity index (χ1v) is 9.03. The average molecular weight is 315 g/mol. The van der Waals surface area contributed by atoms with E-state index in [0.717, 1.165) is 44.9 Å². The Balaban J connectivity index is 3.54. The standard InChI is InChI=1S/C22H34O/c1-2-3-4-5-6-7-8-9-10-11-12-13-14-15-16-17-18-19-20-21-22-23/h3-4,6-7,9-11,13,15-16,23H,2,5,8,14,17-22H2,1H3/b4-3+,7-6+,10-9+,16-15+. The van der Waals surface area contributed by atoms with Gasteiger partial charge in [-0.1, -0.05) is 68.4 Å². The van der Waals surface area contributed by atoms with Crippen LogP contribution in [0.25, 0.3) is 0 Å². The topological polar surface area (TPSA) is 20.2 Å². The van der Waals surface area contributed by atoms with Crippen molar-refractivity contribution in [3.05, 3.63) is 66.5 Å². The van der Waals surface area contributed by atoms with Gasteiger partial charge in [-0.15, -0.1) is 5.73 Å². The lowest BCUT2D eigenvalue weighted by molar-refractivity contribution is 0.282. The van der Waals surface area contributed by atoms with Crippen LogP contribution in [-0.4, -0.2) is 11.7 Å². The van der Waals surface area contributed by atoms with Crippen LogP contribution in [0.4, 0.5) is 0 Å². The molecular weight excluding hydrogens is 280 g/mol. The van der Waals surface area contributed by atoms with Gasteiger partial charge in [0.15, 0.2) is 0 Å². The van der Waals surface area contributed by atoms with Crippen molar-refractivity contribution in [3.8, 4) is 0 Å². The van der Waals surface area contributed by atoms with E-state index in [1.54, 1.807) is 0 Å². The van der Waals surface area contributed by atoms with Crippen molar-refractivity contribution in [3.63, 3.8) is 0 Å². The van der Waals surface area contributed by atoms with Crippen LogP contribution in [0.15, 0.2) is 66.5 Å². The highest BCUT2D eigenvalue weighted by atomic mass is 16.2. The van der Waals surface area contributed by atoms with Crippen LogP contribution < -0.4 is 0 Å². The van der Waals surface area contributed by atoms with Crippen LogP contribution in [0.2, 0.25) is 0 Å². The summed E-state index contributed by atoms with van der Waals surface area (Å²) in [5.41, 5.74) is 3.17. The molecule has 1 heteroatoms. The molecule has 1 N–H and O–H groups in total. The van der Waals surface area contributed by atoms with Crippen molar-refractivity contribution in [2.45, 2.75) is 64.7 Å². The SMILES string of the molecule is CC/C=C/C/C=C/C/C=C/C=C=CC/C=C/CCCCCCO. The van der Waals surface area contributed by atoms with Gasteiger partial charge in [0.25, 0.3) is 0 Å². The van der Waals surface area contributed by atoms with Crippen LogP contribution in [0.1, 0.15) is 64.7 Å². The molecule has 1 nitrogen and oxygen atoms in total. The Kier molecular flexibility index (Phi) is 19.1. The average Bonchev–Trinajstić information content (AvgIpc) is 2.57. The third kappa shape index (κ3) is 20.4. The predicted molar refractivity (Wildman–Crippen MR) is 104 cm³/mol. The number of rotatable bonds is 14. The Bertz CT molecular complexity index is 404. The Morgan fingerprint density at radius 3 is 2.22 bits per heavy atom. The monoisotopic (exact) mass is 314 g/mol. The molecule has 128 valence electrons. The number of unbranched alkanes of at least 4 members (excludes halogenated alkanes) is 4. The van der Waals surface area contributed by atoms with Gasteiger partial charge in [-0.3, -0.25) is 0 Å². The molecule has 0 aromatic rings. The third-order valence-corrected chi connectivity index (χ3v) is 3.26. The molecule has 0 aliphatic rings. The van der Waals surface area contributed by atoms with Crippen LogP contribution in [0.5, 0.6) is 0 Å². The van der Waals surface area contributed by atoms with Gasteiger partial charge in [0.2, 0.25) is 0 Å². The van der Waals surface area contributed by atoms with Crippen LogP contribution in [0, 0.1) is 0 Å². The fourth-order valence-electron chi connectivity index (χ4n) is 1.96. The summed E-state index contributed by atoms with van der Waals surface area (Å²) in [6.45, 7) is 2.48. The molecular formula is C22H34O. The Morgan fingerprint density at radius 1 is 0.739 bits per heavy atom. The summed E-state index contributed by atoms with van der Waals surface area (Å²) < 4.78 is 0. The normalized spacial score (nSPS) is 11.9. The summed E-state index contributed by atoms with van der Waals surface area (Å²) in [6, 6.07) is 0. The Labute approximate surface area is 143 Å². The molecule has 0 spiro atoms. The third-order valence-electron chi connectivity index (χ3n) is 3.26. The molecule has 0 aliphatic carbocycles. The van der Waals surface area contributed by atoms with Gasteiger partial charge < -0.3 is 5.11 Å². The molecule has 0 bridgehead atoms. The van der Waals surface area contributed by atoms with E-state index in [4.69, 9.17) is 5.11 Å². The van der Waals surface area contributed by atoms with Crippen molar-refractivity contribution in [1.29, 1.82) is 0 Å². The second-order valence-electron chi connectivity index (χ2n) is 5.42. The first kappa shape index (κ1) is 21.4. The van der Waals surface area contributed by atoms with E-state index in [9.17, 15) is 0 Å². The summed E-state index contributed by atoms with van der Waals surface area (Å²) >= 11 is 0. The lowest BCUT2D eigenvalue weighted by atomic mass is 10.1. The Morgan fingerprint density at radius 2 is 1.43 bits per heavy atom. The maximum Gasteiger partial charge on any atom is 0.0431 e. The van der Waals surface area contributed by atoms with E-state index in [0.29, 0.717) is 6.61 Å². The first-order chi connectivity index (χ1) is 11.4. The highest BCUT2D eigenvalue weighted by Crippen LogP contribution is 2.03. The van der Waals surface area contributed by atoms with Crippen LogP contribution >= 0.6 is 0 Å². The number of hydrogen-bond donors (Lipinski definition) is 1. The second-order valence-corrected chi connectivity index (χ2v) is 5.42. The van der Waals surface area contributed by atoms with Crippen molar-refractivity contribution in [2.24, 2.45) is 0 Å². The van der Waals surface area contributed by atoms with Crippen molar-refractivity contribution in [1.82, 2.24) is 0 Å². The van der Waals surface area contributed by atoms with Crippen molar-refractivity contribution < 1.29 is 5.11 Å². The molecule has 0 aliphatic heterocycles. The number of allylic oxidation sites excluding steroid dienone is 9. The van der Waals surface area contributed by atoms with E-state index < -0.39 is 0 Å². The second kappa shape index (κ2) is 20.4. The summed E-state index contributed by atoms with van der Waals surface area (Å²) in [5.74, 6) is 0.